The number of hydrogen-bond donors (Lipinski definition) is 0. The van der Waals surface area contributed by atoms with Gasteiger partial charge in [0.2, 0.25) is 0 Å². The third kappa shape index (κ3) is 10.0. The van der Waals surface area contributed by atoms with Crippen LogP contribution in [0, 0.1) is 11.8 Å². The molecule has 0 spiro atoms. The highest BCUT2D eigenvalue weighted by atomic mass is 14.1. The van der Waals surface area contributed by atoms with Gasteiger partial charge in [-0.25, -0.2) is 0 Å². The number of allylic oxidation sites excluding steroid dienone is 4. The van der Waals surface area contributed by atoms with Crippen LogP contribution in [-0.2, 0) is 0 Å². The van der Waals surface area contributed by atoms with Crippen LogP contribution in [0.3, 0.4) is 0 Å². The molecule has 0 heterocycles. The van der Waals surface area contributed by atoms with E-state index >= 15 is 0 Å². The molecular formula is C16H30. The third-order valence-electron chi connectivity index (χ3n) is 2.57. The van der Waals surface area contributed by atoms with Crippen LogP contribution in [0.4, 0.5) is 0 Å². The first-order valence-corrected chi connectivity index (χ1v) is 6.73. The van der Waals surface area contributed by atoms with Crippen LogP contribution >= 0.6 is 0 Å². The van der Waals surface area contributed by atoms with Crippen LogP contribution in [0.15, 0.2) is 23.3 Å². The molecule has 0 unspecified atom stereocenters. The highest BCUT2D eigenvalue weighted by Crippen LogP contribution is 2.19. The molecule has 0 amide bonds. The zero-order chi connectivity index (χ0) is 12.6. The molecule has 94 valence electrons. The molecule has 0 aliphatic heterocycles. The summed E-state index contributed by atoms with van der Waals surface area (Å²) in [6, 6.07) is 0. The molecule has 0 aromatic carbocycles. The van der Waals surface area contributed by atoms with Gasteiger partial charge in [-0.15, -0.1) is 0 Å². The molecule has 0 heteroatoms. The van der Waals surface area contributed by atoms with Gasteiger partial charge in [0, 0.05) is 0 Å². The lowest BCUT2D eigenvalue weighted by molar-refractivity contribution is 0.610. The van der Waals surface area contributed by atoms with Gasteiger partial charge in [0.05, 0.1) is 0 Å². The van der Waals surface area contributed by atoms with E-state index in [-0.39, 0.29) is 0 Å². The van der Waals surface area contributed by atoms with Crippen LogP contribution in [0.25, 0.3) is 0 Å². The summed E-state index contributed by atoms with van der Waals surface area (Å²) in [5.74, 6) is 1.57. The van der Waals surface area contributed by atoms with E-state index in [4.69, 9.17) is 0 Å². The van der Waals surface area contributed by atoms with Crippen molar-refractivity contribution in [2.45, 2.75) is 67.2 Å². The van der Waals surface area contributed by atoms with Crippen molar-refractivity contribution in [1.82, 2.24) is 0 Å². The zero-order valence-corrected chi connectivity index (χ0v) is 12.1. The first-order chi connectivity index (χ1) is 7.41. The second-order valence-electron chi connectivity index (χ2n) is 5.91. The monoisotopic (exact) mass is 222 g/mol. The fourth-order valence-electron chi connectivity index (χ4n) is 1.76. The lowest BCUT2D eigenvalue weighted by Crippen LogP contribution is -1.94. The Morgan fingerprint density at radius 2 is 1.56 bits per heavy atom. The van der Waals surface area contributed by atoms with E-state index in [1.807, 2.05) is 0 Å². The SMILES string of the molecule is CC(C)=CCC/C(=C\CC(C)C)CC(C)C. The Balaban J connectivity index is 4.20. The fourth-order valence-corrected chi connectivity index (χ4v) is 1.76. The second kappa shape index (κ2) is 8.61. The molecular weight excluding hydrogens is 192 g/mol. The first-order valence-electron chi connectivity index (χ1n) is 6.73. The van der Waals surface area contributed by atoms with Gasteiger partial charge in [-0.1, -0.05) is 51.0 Å². The van der Waals surface area contributed by atoms with Crippen molar-refractivity contribution in [3.63, 3.8) is 0 Å². The first kappa shape index (κ1) is 15.5. The molecule has 0 N–H and O–H groups in total. The minimum Gasteiger partial charge on any atom is -0.0856 e. The van der Waals surface area contributed by atoms with Crippen molar-refractivity contribution >= 4 is 0 Å². The molecule has 0 nitrogen and oxygen atoms in total. The summed E-state index contributed by atoms with van der Waals surface area (Å²) in [5, 5.41) is 0. The average molecular weight is 222 g/mol. The summed E-state index contributed by atoms with van der Waals surface area (Å²) in [4.78, 5) is 0. The predicted molar refractivity (Wildman–Crippen MR) is 75.7 cm³/mol. The standard InChI is InChI=1S/C16H30/c1-13(2)8-7-9-16(12-15(5)6)11-10-14(3)4/h8,11,14-15H,7,9-10,12H2,1-6H3/b16-11+. The molecule has 0 saturated heterocycles. The molecule has 0 aliphatic rings. The summed E-state index contributed by atoms with van der Waals surface area (Å²) >= 11 is 0. The molecule has 0 radical (unpaired) electrons. The van der Waals surface area contributed by atoms with Gasteiger partial charge in [-0.3, -0.25) is 0 Å². The summed E-state index contributed by atoms with van der Waals surface area (Å²) in [6.07, 6.45) is 9.78. The molecule has 0 rings (SSSR count). The van der Waals surface area contributed by atoms with E-state index in [0.717, 1.165) is 11.8 Å². The maximum atomic E-state index is 2.48. The van der Waals surface area contributed by atoms with Crippen molar-refractivity contribution in [2.24, 2.45) is 11.8 Å². The molecule has 0 atom stereocenters. The van der Waals surface area contributed by atoms with Crippen molar-refractivity contribution in [3.05, 3.63) is 23.3 Å². The van der Waals surface area contributed by atoms with Gasteiger partial charge >= 0.3 is 0 Å². The Morgan fingerprint density at radius 3 is 2.00 bits per heavy atom. The van der Waals surface area contributed by atoms with E-state index in [1.54, 1.807) is 5.57 Å². The lowest BCUT2D eigenvalue weighted by atomic mass is 9.96. The summed E-state index contributed by atoms with van der Waals surface area (Å²) in [7, 11) is 0. The highest BCUT2D eigenvalue weighted by Gasteiger charge is 2.01. The molecule has 0 aliphatic carbocycles. The Morgan fingerprint density at radius 1 is 0.938 bits per heavy atom. The average Bonchev–Trinajstić information content (AvgIpc) is 2.12. The minimum absolute atomic E-state index is 0.783. The maximum absolute atomic E-state index is 2.48. The van der Waals surface area contributed by atoms with E-state index in [2.05, 4.69) is 53.7 Å². The Labute approximate surface area is 103 Å². The van der Waals surface area contributed by atoms with Crippen LogP contribution in [0.1, 0.15) is 67.2 Å². The van der Waals surface area contributed by atoms with Gasteiger partial charge in [0.25, 0.3) is 0 Å². The second-order valence-corrected chi connectivity index (χ2v) is 5.91. The third-order valence-corrected chi connectivity index (χ3v) is 2.57. The Hall–Kier alpha value is -0.520. The van der Waals surface area contributed by atoms with Gasteiger partial charge in [0.1, 0.15) is 0 Å². The number of rotatable bonds is 7. The fraction of sp³-hybridized carbons (Fsp3) is 0.750. The maximum Gasteiger partial charge on any atom is -0.0285 e. The molecule has 0 fully saturated rings. The van der Waals surface area contributed by atoms with Gasteiger partial charge in [-0.05, 0) is 51.4 Å². The molecule has 16 heavy (non-hydrogen) atoms. The molecule has 0 bridgehead atoms. The predicted octanol–water partition coefficient (Wildman–Crippen LogP) is 5.75. The van der Waals surface area contributed by atoms with E-state index in [9.17, 15) is 0 Å². The summed E-state index contributed by atoms with van der Waals surface area (Å²) in [5.41, 5.74) is 3.09. The number of hydrogen-bond acceptors (Lipinski definition) is 0. The minimum atomic E-state index is 0.783. The molecule has 0 saturated carbocycles. The largest absolute Gasteiger partial charge is 0.0856 e. The van der Waals surface area contributed by atoms with Crippen LogP contribution in [-0.4, -0.2) is 0 Å². The normalized spacial score (nSPS) is 12.4. The van der Waals surface area contributed by atoms with Gasteiger partial charge < -0.3 is 0 Å². The summed E-state index contributed by atoms with van der Waals surface area (Å²) < 4.78 is 0. The van der Waals surface area contributed by atoms with E-state index in [0.29, 0.717) is 0 Å². The zero-order valence-electron chi connectivity index (χ0n) is 12.1. The quantitative estimate of drug-likeness (QED) is 0.481. The topological polar surface area (TPSA) is 0 Å². The Bertz CT molecular complexity index is 224. The van der Waals surface area contributed by atoms with Crippen molar-refractivity contribution < 1.29 is 0 Å². The van der Waals surface area contributed by atoms with Gasteiger partial charge in [0.15, 0.2) is 0 Å². The van der Waals surface area contributed by atoms with Crippen molar-refractivity contribution in [1.29, 1.82) is 0 Å². The van der Waals surface area contributed by atoms with Crippen LogP contribution < -0.4 is 0 Å². The van der Waals surface area contributed by atoms with Crippen molar-refractivity contribution in [3.8, 4) is 0 Å². The van der Waals surface area contributed by atoms with Crippen molar-refractivity contribution in [2.75, 3.05) is 0 Å². The van der Waals surface area contributed by atoms with Crippen LogP contribution in [0.5, 0.6) is 0 Å². The molecule has 0 aromatic rings. The highest BCUT2D eigenvalue weighted by molar-refractivity contribution is 5.05. The van der Waals surface area contributed by atoms with Crippen LogP contribution in [0.2, 0.25) is 0 Å². The molecule has 0 aromatic heterocycles. The smallest absolute Gasteiger partial charge is 0.0285 e. The van der Waals surface area contributed by atoms with Gasteiger partial charge in [-0.2, -0.15) is 0 Å². The van der Waals surface area contributed by atoms with E-state index < -0.39 is 0 Å². The summed E-state index contributed by atoms with van der Waals surface area (Å²) in [6.45, 7) is 13.6. The van der Waals surface area contributed by atoms with E-state index in [1.165, 1.54) is 31.3 Å². The Kier molecular flexibility index (Phi) is 8.33. The lowest BCUT2D eigenvalue weighted by Gasteiger charge is -2.10.